The van der Waals surface area contributed by atoms with Crippen molar-refractivity contribution in [1.29, 1.82) is 0 Å². The van der Waals surface area contributed by atoms with Gasteiger partial charge in [-0.3, -0.25) is 4.79 Å². The maximum Gasteiger partial charge on any atom is 0.193 e. The van der Waals surface area contributed by atoms with Crippen LogP contribution in [0.15, 0.2) is 42.5 Å². The van der Waals surface area contributed by atoms with Gasteiger partial charge in [0.05, 0.1) is 0 Å². The molecule has 0 saturated heterocycles. The minimum atomic E-state index is 0.130. The monoisotopic (exact) mass is 364 g/mol. The molecule has 0 spiro atoms. The van der Waals surface area contributed by atoms with Crippen molar-refractivity contribution in [3.63, 3.8) is 0 Å². The number of hydrogen-bond donors (Lipinski definition) is 0. The molecule has 0 radical (unpaired) electrons. The number of rotatable bonds is 4. The average Bonchev–Trinajstić information content (AvgIpc) is 2.45. The van der Waals surface area contributed by atoms with E-state index in [-0.39, 0.29) is 5.78 Å². The molecule has 2 heteroatoms. The third kappa shape index (κ3) is 3.24. The second-order valence-electron chi connectivity index (χ2n) is 4.54. The molecule has 0 aliphatic carbocycles. The van der Waals surface area contributed by atoms with Crippen LogP contribution in [0, 0.1) is 3.57 Å². The third-order valence-electron chi connectivity index (χ3n) is 3.29. The van der Waals surface area contributed by atoms with Crippen molar-refractivity contribution in [2.45, 2.75) is 26.7 Å². The number of hydrogen-bond acceptors (Lipinski definition) is 1. The normalized spacial score (nSPS) is 10.5. The van der Waals surface area contributed by atoms with Gasteiger partial charge in [-0.05, 0) is 64.8 Å². The Morgan fingerprint density at radius 3 is 2.47 bits per heavy atom. The largest absolute Gasteiger partial charge is 0.289 e. The van der Waals surface area contributed by atoms with E-state index in [2.05, 4.69) is 48.6 Å². The molecule has 2 aromatic rings. The number of aryl methyl sites for hydroxylation is 2. The highest BCUT2D eigenvalue weighted by atomic mass is 127. The van der Waals surface area contributed by atoms with Crippen LogP contribution in [-0.2, 0) is 12.8 Å². The molecule has 0 N–H and O–H groups in total. The molecule has 0 saturated carbocycles. The van der Waals surface area contributed by atoms with Crippen molar-refractivity contribution >= 4 is 28.4 Å². The van der Waals surface area contributed by atoms with E-state index in [0.29, 0.717) is 0 Å². The van der Waals surface area contributed by atoms with Crippen LogP contribution >= 0.6 is 22.6 Å². The highest BCUT2D eigenvalue weighted by molar-refractivity contribution is 14.1. The fraction of sp³-hybridized carbons (Fsp3) is 0.235. The molecule has 0 aromatic heterocycles. The Hall–Kier alpha value is -1.16. The van der Waals surface area contributed by atoms with Crippen LogP contribution in [0.3, 0.4) is 0 Å². The maximum atomic E-state index is 12.6. The Labute approximate surface area is 128 Å². The summed E-state index contributed by atoms with van der Waals surface area (Å²) in [7, 11) is 0. The van der Waals surface area contributed by atoms with Crippen LogP contribution in [0.1, 0.15) is 40.9 Å². The Morgan fingerprint density at radius 1 is 1.05 bits per heavy atom. The first-order chi connectivity index (χ1) is 9.15. The van der Waals surface area contributed by atoms with Gasteiger partial charge in [0, 0.05) is 14.7 Å². The minimum absolute atomic E-state index is 0.130. The molecule has 19 heavy (non-hydrogen) atoms. The van der Waals surface area contributed by atoms with E-state index < -0.39 is 0 Å². The first kappa shape index (κ1) is 14.3. The number of carbonyl (C=O) groups is 1. The smallest absolute Gasteiger partial charge is 0.193 e. The van der Waals surface area contributed by atoms with E-state index in [0.717, 1.165) is 33.1 Å². The van der Waals surface area contributed by atoms with Gasteiger partial charge in [0.1, 0.15) is 0 Å². The SMILES string of the molecule is CCc1ccc(CC)c(C(=O)c2cccc(I)c2)c1. The quantitative estimate of drug-likeness (QED) is 0.570. The zero-order valence-electron chi connectivity index (χ0n) is 11.2. The summed E-state index contributed by atoms with van der Waals surface area (Å²) in [6.07, 6.45) is 1.84. The molecule has 0 amide bonds. The summed E-state index contributed by atoms with van der Waals surface area (Å²) in [5.74, 6) is 0.130. The molecule has 2 aromatic carbocycles. The molecule has 0 bridgehead atoms. The Morgan fingerprint density at radius 2 is 1.84 bits per heavy atom. The van der Waals surface area contributed by atoms with E-state index in [4.69, 9.17) is 0 Å². The van der Waals surface area contributed by atoms with Crippen LogP contribution in [0.25, 0.3) is 0 Å². The lowest BCUT2D eigenvalue weighted by Gasteiger charge is -2.09. The first-order valence-corrected chi connectivity index (χ1v) is 7.65. The van der Waals surface area contributed by atoms with Gasteiger partial charge < -0.3 is 0 Å². The molecule has 98 valence electrons. The van der Waals surface area contributed by atoms with Gasteiger partial charge in [-0.1, -0.05) is 38.1 Å². The van der Waals surface area contributed by atoms with E-state index in [1.807, 2.05) is 30.3 Å². The molecular weight excluding hydrogens is 347 g/mol. The number of ketones is 1. The van der Waals surface area contributed by atoms with Crippen LogP contribution in [-0.4, -0.2) is 5.78 Å². The minimum Gasteiger partial charge on any atom is -0.289 e. The van der Waals surface area contributed by atoms with E-state index >= 15 is 0 Å². The lowest BCUT2D eigenvalue weighted by atomic mass is 9.94. The van der Waals surface area contributed by atoms with Crippen molar-refractivity contribution in [3.8, 4) is 0 Å². The highest BCUT2D eigenvalue weighted by Crippen LogP contribution is 2.19. The number of carbonyl (C=O) groups excluding carboxylic acids is 1. The van der Waals surface area contributed by atoms with Gasteiger partial charge in [0.15, 0.2) is 5.78 Å². The van der Waals surface area contributed by atoms with Gasteiger partial charge in [-0.15, -0.1) is 0 Å². The third-order valence-corrected chi connectivity index (χ3v) is 3.97. The first-order valence-electron chi connectivity index (χ1n) is 6.57. The van der Waals surface area contributed by atoms with Crippen LogP contribution in [0.2, 0.25) is 0 Å². The van der Waals surface area contributed by atoms with Gasteiger partial charge in [-0.2, -0.15) is 0 Å². The van der Waals surface area contributed by atoms with Crippen LogP contribution in [0.5, 0.6) is 0 Å². The van der Waals surface area contributed by atoms with Crippen LogP contribution in [0.4, 0.5) is 0 Å². The summed E-state index contributed by atoms with van der Waals surface area (Å²) >= 11 is 2.24. The Kier molecular flexibility index (Phi) is 4.75. The van der Waals surface area contributed by atoms with E-state index in [1.54, 1.807) is 0 Å². The molecule has 1 nitrogen and oxygen atoms in total. The molecule has 2 rings (SSSR count). The molecule has 0 aliphatic heterocycles. The molecule has 0 unspecified atom stereocenters. The Balaban J connectivity index is 2.48. The van der Waals surface area contributed by atoms with E-state index in [9.17, 15) is 4.79 Å². The average molecular weight is 364 g/mol. The van der Waals surface area contributed by atoms with Crippen molar-refractivity contribution in [2.24, 2.45) is 0 Å². The summed E-state index contributed by atoms with van der Waals surface area (Å²) in [6, 6.07) is 14.0. The topological polar surface area (TPSA) is 17.1 Å². The lowest BCUT2D eigenvalue weighted by Crippen LogP contribution is -2.06. The van der Waals surface area contributed by atoms with Gasteiger partial charge >= 0.3 is 0 Å². The predicted molar refractivity (Wildman–Crippen MR) is 87.8 cm³/mol. The molecule has 0 heterocycles. The van der Waals surface area contributed by atoms with E-state index in [1.165, 1.54) is 5.56 Å². The zero-order chi connectivity index (χ0) is 13.8. The lowest BCUT2D eigenvalue weighted by molar-refractivity contribution is 0.103. The standard InChI is InChI=1S/C17H17IO/c1-3-12-8-9-13(4-2)16(10-12)17(19)14-6-5-7-15(18)11-14/h5-11H,3-4H2,1-2H3. The van der Waals surface area contributed by atoms with Crippen molar-refractivity contribution in [3.05, 3.63) is 68.3 Å². The maximum absolute atomic E-state index is 12.6. The zero-order valence-corrected chi connectivity index (χ0v) is 13.4. The number of benzene rings is 2. The second kappa shape index (κ2) is 6.33. The summed E-state index contributed by atoms with van der Waals surface area (Å²) in [4.78, 5) is 12.6. The predicted octanol–water partition coefficient (Wildman–Crippen LogP) is 4.65. The molecule has 0 atom stereocenters. The summed E-state index contributed by atoms with van der Waals surface area (Å²) in [5, 5.41) is 0. The molecular formula is C17H17IO. The van der Waals surface area contributed by atoms with Gasteiger partial charge in [-0.25, -0.2) is 0 Å². The van der Waals surface area contributed by atoms with Gasteiger partial charge in [0.25, 0.3) is 0 Å². The van der Waals surface area contributed by atoms with Crippen LogP contribution < -0.4 is 0 Å². The molecule has 0 fully saturated rings. The Bertz CT molecular complexity index is 602. The fourth-order valence-electron chi connectivity index (χ4n) is 2.15. The van der Waals surface area contributed by atoms with Gasteiger partial charge in [0.2, 0.25) is 0 Å². The summed E-state index contributed by atoms with van der Waals surface area (Å²) in [5.41, 5.74) is 3.96. The highest BCUT2D eigenvalue weighted by Gasteiger charge is 2.13. The fourth-order valence-corrected chi connectivity index (χ4v) is 2.69. The summed E-state index contributed by atoms with van der Waals surface area (Å²) < 4.78 is 1.09. The molecule has 0 aliphatic rings. The van der Waals surface area contributed by atoms with Crippen molar-refractivity contribution < 1.29 is 4.79 Å². The number of halogens is 1. The van der Waals surface area contributed by atoms with Crippen molar-refractivity contribution in [2.75, 3.05) is 0 Å². The second-order valence-corrected chi connectivity index (χ2v) is 5.78. The summed E-state index contributed by atoms with van der Waals surface area (Å²) in [6.45, 7) is 4.20. The van der Waals surface area contributed by atoms with Crippen molar-refractivity contribution in [1.82, 2.24) is 0 Å².